The molecule has 0 heterocycles. The lowest BCUT2D eigenvalue weighted by molar-refractivity contribution is 0.475. The zero-order valence-corrected chi connectivity index (χ0v) is 12.0. The lowest BCUT2D eigenvalue weighted by Crippen LogP contribution is -1.83. The molecule has 96 valence electrons. The van der Waals surface area contributed by atoms with E-state index in [-0.39, 0.29) is 10.8 Å². The topological polar surface area (TPSA) is 46.2 Å². The summed E-state index contributed by atoms with van der Waals surface area (Å²) in [4.78, 5) is 0. The molecular formula is C12H9Cl4NO. The van der Waals surface area contributed by atoms with Gasteiger partial charge in [-0.05, 0) is 36.4 Å². The van der Waals surface area contributed by atoms with Crippen molar-refractivity contribution in [1.29, 1.82) is 0 Å². The van der Waals surface area contributed by atoms with Crippen LogP contribution in [0, 0.1) is 0 Å². The van der Waals surface area contributed by atoms with Crippen molar-refractivity contribution in [3.8, 4) is 5.75 Å². The second kappa shape index (κ2) is 6.95. The van der Waals surface area contributed by atoms with E-state index in [4.69, 9.17) is 57.2 Å². The van der Waals surface area contributed by atoms with E-state index in [1.54, 1.807) is 24.3 Å². The number of hydrogen-bond donors (Lipinski definition) is 2. The van der Waals surface area contributed by atoms with Crippen molar-refractivity contribution < 1.29 is 5.11 Å². The van der Waals surface area contributed by atoms with Crippen molar-refractivity contribution in [3.05, 3.63) is 56.5 Å². The number of aromatic hydroxyl groups is 1. The van der Waals surface area contributed by atoms with Gasteiger partial charge in [-0.25, -0.2) is 0 Å². The standard InChI is InChI=1S/C6H5Cl2N.C6H4Cl2O/c2*7-4-1-2-6(9)5(8)3-4/h1-3H,9H2;1-3,9H. The molecule has 2 rings (SSSR count). The van der Waals surface area contributed by atoms with Crippen LogP contribution in [0.1, 0.15) is 0 Å². The van der Waals surface area contributed by atoms with Gasteiger partial charge in [0.2, 0.25) is 0 Å². The van der Waals surface area contributed by atoms with Crippen molar-refractivity contribution in [2.24, 2.45) is 0 Å². The molecule has 6 heteroatoms. The van der Waals surface area contributed by atoms with Gasteiger partial charge in [0.15, 0.2) is 0 Å². The van der Waals surface area contributed by atoms with Gasteiger partial charge in [-0.15, -0.1) is 0 Å². The number of phenols is 1. The molecule has 0 fully saturated rings. The van der Waals surface area contributed by atoms with Crippen LogP contribution in [0.25, 0.3) is 0 Å². The highest BCUT2D eigenvalue weighted by atomic mass is 35.5. The first-order chi connectivity index (χ1) is 8.40. The second-order valence-electron chi connectivity index (χ2n) is 3.26. The van der Waals surface area contributed by atoms with E-state index >= 15 is 0 Å². The van der Waals surface area contributed by atoms with Crippen LogP contribution >= 0.6 is 46.4 Å². The molecule has 0 radical (unpaired) electrons. The smallest absolute Gasteiger partial charge is 0.134 e. The minimum atomic E-state index is 0.0565. The van der Waals surface area contributed by atoms with Crippen LogP contribution < -0.4 is 5.73 Å². The minimum absolute atomic E-state index is 0.0565. The van der Waals surface area contributed by atoms with Crippen LogP contribution in [0.5, 0.6) is 5.75 Å². The third kappa shape index (κ3) is 4.83. The van der Waals surface area contributed by atoms with Gasteiger partial charge in [0, 0.05) is 10.0 Å². The second-order valence-corrected chi connectivity index (χ2v) is 4.95. The lowest BCUT2D eigenvalue weighted by atomic mass is 10.3. The van der Waals surface area contributed by atoms with E-state index in [1.165, 1.54) is 12.1 Å². The molecule has 0 spiro atoms. The Morgan fingerprint density at radius 3 is 1.67 bits per heavy atom. The SMILES string of the molecule is Nc1ccc(Cl)cc1Cl.Oc1ccc(Cl)cc1Cl. The molecule has 2 aromatic rings. The first kappa shape index (κ1) is 15.3. The number of rotatable bonds is 0. The molecule has 18 heavy (non-hydrogen) atoms. The summed E-state index contributed by atoms with van der Waals surface area (Å²) in [6.07, 6.45) is 0. The van der Waals surface area contributed by atoms with Gasteiger partial charge < -0.3 is 10.8 Å². The Hall–Kier alpha value is -0.800. The summed E-state index contributed by atoms with van der Waals surface area (Å²) in [5, 5.41) is 10.8. The number of hydrogen-bond acceptors (Lipinski definition) is 2. The average Bonchev–Trinajstić information content (AvgIpc) is 2.30. The summed E-state index contributed by atoms with van der Waals surface area (Å²) < 4.78 is 0. The third-order valence-corrected chi connectivity index (χ3v) is 2.97. The molecule has 0 saturated heterocycles. The van der Waals surface area contributed by atoms with Gasteiger partial charge in [-0.1, -0.05) is 46.4 Å². The Morgan fingerprint density at radius 2 is 1.28 bits per heavy atom. The Morgan fingerprint density at radius 1 is 0.778 bits per heavy atom. The highest BCUT2D eigenvalue weighted by molar-refractivity contribution is 6.36. The Balaban J connectivity index is 0.000000180. The monoisotopic (exact) mass is 323 g/mol. The molecule has 0 atom stereocenters. The Kier molecular flexibility index (Phi) is 5.89. The van der Waals surface area contributed by atoms with E-state index in [0.717, 1.165) is 0 Å². The fraction of sp³-hybridized carbons (Fsp3) is 0. The van der Waals surface area contributed by atoms with Crippen molar-refractivity contribution in [2.75, 3.05) is 5.73 Å². The molecule has 0 saturated carbocycles. The molecule has 0 aliphatic rings. The first-order valence-corrected chi connectivity index (χ1v) is 6.26. The van der Waals surface area contributed by atoms with E-state index in [2.05, 4.69) is 0 Å². The number of anilines is 1. The van der Waals surface area contributed by atoms with Crippen LogP contribution in [0.4, 0.5) is 5.69 Å². The Bertz CT molecular complexity index is 496. The van der Waals surface area contributed by atoms with Crippen molar-refractivity contribution in [3.63, 3.8) is 0 Å². The predicted octanol–water partition coefficient (Wildman–Crippen LogP) is 5.27. The zero-order chi connectivity index (χ0) is 13.7. The largest absolute Gasteiger partial charge is 0.506 e. The van der Waals surface area contributed by atoms with Gasteiger partial charge >= 0.3 is 0 Å². The minimum Gasteiger partial charge on any atom is -0.506 e. The maximum atomic E-state index is 8.85. The fourth-order valence-corrected chi connectivity index (χ4v) is 1.80. The summed E-state index contributed by atoms with van der Waals surface area (Å²) in [6, 6.07) is 9.48. The summed E-state index contributed by atoms with van der Waals surface area (Å²) in [5.74, 6) is 0.0565. The van der Waals surface area contributed by atoms with Crippen LogP contribution in [0.3, 0.4) is 0 Å². The normalized spacial score (nSPS) is 9.56. The highest BCUT2D eigenvalue weighted by Gasteiger charge is 1.95. The van der Waals surface area contributed by atoms with Crippen molar-refractivity contribution in [2.45, 2.75) is 0 Å². The highest BCUT2D eigenvalue weighted by Crippen LogP contribution is 2.25. The van der Waals surface area contributed by atoms with Crippen LogP contribution in [-0.2, 0) is 0 Å². The van der Waals surface area contributed by atoms with Gasteiger partial charge in [0.05, 0.1) is 15.7 Å². The molecule has 0 aliphatic carbocycles. The number of halogens is 4. The first-order valence-electron chi connectivity index (χ1n) is 4.74. The molecular weight excluding hydrogens is 316 g/mol. The zero-order valence-electron chi connectivity index (χ0n) is 9.00. The fourth-order valence-electron chi connectivity index (χ4n) is 0.983. The molecule has 0 amide bonds. The molecule has 0 aliphatic heterocycles. The molecule has 0 aromatic heterocycles. The summed E-state index contributed by atoms with van der Waals surface area (Å²) >= 11 is 22.2. The third-order valence-electron chi connectivity index (χ3n) is 1.87. The molecule has 2 aromatic carbocycles. The summed E-state index contributed by atoms with van der Waals surface area (Å²) in [5.41, 5.74) is 5.95. The van der Waals surface area contributed by atoms with Crippen LogP contribution in [0.15, 0.2) is 36.4 Å². The summed E-state index contributed by atoms with van der Waals surface area (Å²) in [7, 11) is 0. The predicted molar refractivity (Wildman–Crippen MR) is 79.0 cm³/mol. The van der Waals surface area contributed by atoms with Gasteiger partial charge in [0.25, 0.3) is 0 Å². The molecule has 2 nitrogen and oxygen atoms in total. The van der Waals surface area contributed by atoms with Crippen molar-refractivity contribution >= 4 is 52.1 Å². The lowest BCUT2D eigenvalue weighted by Gasteiger charge is -1.94. The number of phenolic OH excluding ortho intramolecular Hbond substituents is 1. The van der Waals surface area contributed by atoms with Gasteiger partial charge in [0.1, 0.15) is 5.75 Å². The van der Waals surface area contributed by atoms with Gasteiger partial charge in [-0.3, -0.25) is 0 Å². The quantitative estimate of drug-likeness (QED) is 0.648. The number of benzene rings is 2. The van der Waals surface area contributed by atoms with Crippen LogP contribution in [0.2, 0.25) is 20.1 Å². The van der Waals surface area contributed by atoms with E-state index in [1.807, 2.05) is 0 Å². The van der Waals surface area contributed by atoms with Crippen molar-refractivity contribution in [1.82, 2.24) is 0 Å². The molecule has 0 bridgehead atoms. The maximum absolute atomic E-state index is 8.85. The van der Waals surface area contributed by atoms with E-state index in [9.17, 15) is 0 Å². The van der Waals surface area contributed by atoms with Crippen LogP contribution in [-0.4, -0.2) is 5.11 Å². The van der Waals surface area contributed by atoms with E-state index in [0.29, 0.717) is 20.8 Å². The maximum Gasteiger partial charge on any atom is 0.134 e. The average molecular weight is 325 g/mol. The van der Waals surface area contributed by atoms with Gasteiger partial charge in [-0.2, -0.15) is 0 Å². The number of nitrogens with two attached hydrogens (primary N) is 1. The molecule has 3 N–H and O–H groups in total. The van der Waals surface area contributed by atoms with E-state index < -0.39 is 0 Å². The number of nitrogen functional groups attached to an aromatic ring is 1. The summed E-state index contributed by atoms with van der Waals surface area (Å²) in [6.45, 7) is 0. The Labute approximate surface area is 125 Å². The molecule has 0 unspecified atom stereocenters.